The first-order valence-corrected chi connectivity index (χ1v) is 6.98. The highest BCUT2D eigenvalue weighted by Crippen LogP contribution is 2.26. The zero-order chi connectivity index (χ0) is 15.4. The first-order chi connectivity index (χ1) is 9.10. The fourth-order valence-electron chi connectivity index (χ4n) is 2.16. The van der Waals surface area contributed by atoms with Gasteiger partial charge in [0.15, 0.2) is 0 Å². The number of likely N-dealkylation sites (tertiary alicyclic amines) is 1. The van der Waals surface area contributed by atoms with E-state index >= 15 is 0 Å². The first-order valence-electron chi connectivity index (χ1n) is 6.98. The molecule has 6 heteroatoms. The van der Waals surface area contributed by atoms with Crippen molar-refractivity contribution in [1.82, 2.24) is 4.90 Å². The van der Waals surface area contributed by atoms with Crippen molar-refractivity contribution in [1.29, 1.82) is 0 Å². The lowest BCUT2D eigenvalue weighted by Crippen LogP contribution is -2.47. The van der Waals surface area contributed by atoms with E-state index in [2.05, 4.69) is 0 Å². The zero-order valence-electron chi connectivity index (χ0n) is 12.5. The van der Waals surface area contributed by atoms with Gasteiger partial charge in [0, 0.05) is 32.5 Å². The second-order valence-electron chi connectivity index (χ2n) is 6.64. The van der Waals surface area contributed by atoms with Crippen LogP contribution in [0.1, 0.15) is 46.5 Å². The van der Waals surface area contributed by atoms with E-state index in [1.54, 1.807) is 0 Å². The molecule has 0 radical (unpaired) electrons. The summed E-state index contributed by atoms with van der Waals surface area (Å²) in [5.74, 6) is -2.62. The van der Waals surface area contributed by atoms with Gasteiger partial charge in [-0.15, -0.1) is 0 Å². The standard InChI is InChI=1S/C14H25NO5/c1-13(2,3)10-12(18)20-14(19)5-8-15(9-6-14)7-4-11(16)17/h19H,4-10H2,1-3H3,(H,16,17). The minimum atomic E-state index is -1.40. The van der Waals surface area contributed by atoms with Crippen molar-refractivity contribution in [2.24, 2.45) is 5.41 Å². The number of aliphatic carboxylic acids is 1. The maximum atomic E-state index is 11.8. The summed E-state index contributed by atoms with van der Waals surface area (Å²) in [5, 5.41) is 18.9. The Kier molecular flexibility index (Phi) is 5.53. The Morgan fingerprint density at radius 1 is 1.25 bits per heavy atom. The van der Waals surface area contributed by atoms with Crippen LogP contribution in [0.15, 0.2) is 0 Å². The third kappa shape index (κ3) is 6.34. The number of carbonyl (C=O) groups excluding carboxylic acids is 1. The van der Waals surface area contributed by atoms with E-state index in [4.69, 9.17) is 9.84 Å². The summed E-state index contributed by atoms with van der Waals surface area (Å²) < 4.78 is 5.20. The van der Waals surface area contributed by atoms with Crippen molar-refractivity contribution in [2.75, 3.05) is 19.6 Å². The van der Waals surface area contributed by atoms with Crippen LogP contribution in [-0.4, -0.2) is 52.5 Å². The second-order valence-corrected chi connectivity index (χ2v) is 6.64. The molecule has 1 aliphatic heterocycles. The van der Waals surface area contributed by atoms with Gasteiger partial charge in [-0.3, -0.25) is 9.59 Å². The molecule has 6 nitrogen and oxygen atoms in total. The van der Waals surface area contributed by atoms with Crippen LogP contribution in [0, 0.1) is 5.41 Å². The van der Waals surface area contributed by atoms with Crippen molar-refractivity contribution in [2.45, 2.75) is 52.2 Å². The molecular weight excluding hydrogens is 262 g/mol. The van der Waals surface area contributed by atoms with Gasteiger partial charge in [-0.2, -0.15) is 0 Å². The van der Waals surface area contributed by atoms with Crippen LogP contribution in [0.4, 0.5) is 0 Å². The van der Waals surface area contributed by atoms with Crippen molar-refractivity contribution in [3.05, 3.63) is 0 Å². The average molecular weight is 287 g/mol. The van der Waals surface area contributed by atoms with Gasteiger partial charge in [0.25, 0.3) is 0 Å². The topological polar surface area (TPSA) is 87.1 Å². The van der Waals surface area contributed by atoms with E-state index < -0.39 is 11.8 Å². The number of carbonyl (C=O) groups is 2. The van der Waals surface area contributed by atoms with Gasteiger partial charge in [-0.25, -0.2) is 0 Å². The molecule has 1 heterocycles. The van der Waals surface area contributed by atoms with E-state index in [0.717, 1.165) is 0 Å². The minimum Gasteiger partial charge on any atom is -0.481 e. The SMILES string of the molecule is CC(C)(C)CC(=O)OC1(O)CCN(CCC(=O)O)CC1. The van der Waals surface area contributed by atoms with Gasteiger partial charge in [0.05, 0.1) is 12.8 Å². The molecule has 2 N–H and O–H groups in total. The predicted molar refractivity (Wildman–Crippen MR) is 73.0 cm³/mol. The molecular formula is C14H25NO5. The number of carboxylic acid groups (broad SMARTS) is 1. The van der Waals surface area contributed by atoms with E-state index in [1.165, 1.54) is 0 Å². The molecule has 0 aromatic carbocycles. The summed E-state index contributed by atoms with van der Waals surface area (Å²) in [6, 6.07) is 0. The number of piperidine rings is 1. The monoisotopic (exact) mass is 287 g/mol. The number of hydrogen-bond acceptors (Lipinski definition) is 5. The molecule has 0 bridgehead atoms. The molecule has 0 aliphatic carbocycles. The highest BCUT2D eigenvalue weighted by atomic mass is 16.7. The maximum absolute atomic E-state index is 11.8. The smallest absolute Gasteiger partial charge is 0.308 e. The van der Waals surface area contributed by atoms with Crippen LogP contribution in [0.3, 0.4) is 0 Å². The lowest BCUT2D eigenvalue weighted by molar-refractivity contribution is -0.225. The number of rotatable bonds is 5. The molecule has 0 spiro atoms. The third-order valence-corrected chi connectivity index (χ3v) is 3.26. The Balaban J connectivity index is 2.38. The van der Waals surface area contributed by atoms with E-state index in [1.807, 2.05) is 25.7 Å². The highest BCUT2D eigenvalue weighted by molar-refractivity contribution is 5.70. The Morgan fingerprint density at radius 3 is 2.25 bits per heavy atom. The number of nitrogens with zero attached hydrogens (tertiary/aromatic N) is 1. The molecule has 116 valence electrons. The zero-order valence-corrected chi connectivity index (χ0v) is 12.5. The Labute approximate surface area is 119 Å². The van der Waals surface area contributed by atoms with Crippen molar-refractivity contribution < 1.29 is 24.5 Å². The summed E-state index contributed by atoms with van der Waals surface area (Å²) >= 11 is 0. The molecule has 0 atom stereocenters. The van der Waals surface area contributed by atoms with Crippen LogP contribution in [0.2, 0.25) is 0 Å². The predicted octanol–water partition coefficient (Wildman–Crippen LogP) is 1.22. The number of ether oxygens (including phenoxy) is 1. The van der Waals surface area contributed by atoms with Crippen LogP contribution in [0.5, 0.6) is 0 Å². The Bertz CT molecular complexity index is 353. The van der Waals surface area contributed by atoms with E-state index in [9.17, 15) is 14.7 Å². The second kappa shape index (κ2) is 6.54. The van der Waals surface area contributed by atoms with Gasteiger partial charge in [0.1, 0.15) is 0 Å². The van der Waals surface area contributed by atoms with E-state index in [0.29, 0.717) is 32.5 Å². The summed E-state index contributed by atoms with van der Waals surface area (Å²) in [6.45, 7) is 7.34. The third-order valence-electron chi connectivity index (χ3n) is 3.26. The summed E-state index contributed by atoms with van der Waals surface area (Å²) in [7, 11) is 0. The Hall–Kier alpha value is -1.14. The molecule has 0 saturated carbocycles. The minimum absolute atomic E-state index is 0.0856. The highest BCUT2D eigenvalue weighted by Gasteiger charge is 2.36. The molecule has 0 amide bonds. The summed E-state index contributed by atoms with van der Waals surface area (Å²) in [6.07, 6.45) is 0.991. The fourth-order valence-corrected chi connectivity index (χ4v) is 2.16. The average Bonchev–Trinajstić information content (AvgIpc) is 2.24. The van der Waals surface area contributed by atoms with Crippen LogP contribution < -0.4 is 0 Å². The number of hydrogen-bond donors (Lipinski definition) is 2. The van der Waals surface area contributed by atoms with Gasteiger partial charge < -0.3 is 19.8 Å². The van der Waals surface area contributed by atoms with Crippen LogP contribution in [0.25, 0.3) is 0 Å². The number of carboxylic acids is 1. The molecule has 0 unspecified atom stereocenters. The number of esters is 1. The molecule has 1 aliphatic rings. The molecule has 1 rings (SSSR count). The normalized spacial score (nSPS) is 19.6. The molecule has 20 heavy (non-hydrogen) atoms. The fraction of sp³-hybridized carbons (Fsp3) is 0.857. The maximum Gasteiger partial charge on any atom is 0.308 e. The quantitative estimate of drug-likeness (QED) is 0.584. The van der Waals surface area contributed by atoms with Gasteiger partial charge >= 0.3 is 11.9 Å². The largest absolute Gasteiger partial charge is 0.481 e. The van der Waals surface area contributed by atoms with Crippen molar-refractivity contribution in [3.8, 4) is 0 Å². The molecule has 0 aromatic rings. The lowest BCUT2D eigenvalue weighted by Gasteiger charge is -2.37. The molecule has 0 aromatic heterocycles. The van der Waals surface area contributed by atoms with Crippen LogP contribution in [-0.2, 0) is 14.3 Å². The molecule has 1 fully saturated rings. The van der Waals surface area contributed by atoms with Gasteiger partial charge in [-0.1, -0.05) is 20.8 Å². The summed E-state index contributed by atoms with van der Waals surface area (Å²) in [5.41, 5.74) is -0.171. The van der Waals surface area contributed by atoms with E-state index in [-0.39, 0.29) is 24.2 Å². The Morgan fingerprint density at radius 2 is 1.80 bits per heavy atom. The van der Waals surface area contributed by atoms with Gasteiger partial charge in [0.2, 0.25) is 5.79 Å². The van der Waals surface area contributed by atoms with Crippen molar-refractivity contribution in [3.63, 3.8) is 0 Å². The number of aliphatic hydroxyl groups is 1. The first kappa shape index (κ1) is 16.9. The molecule has 1 saturated heterocycles. The van der Waals surface area contributed by atoms with Crippen LogP contribution >= 0.6 is 0 Å². The van der Waals surface area contributed by atoms with Crippen molar-refractivity contribution >= 4 is 11.9 Å². The lowest BCUT2D eigenvalue weighted by atomic mass is 9.92. The summed E-state index contributed by atoms with van der Waals surface area (Å²) in [4.78, 5) is 24.2. The van der Waals surface area contributed by atoms with Gasteiger partial charge in [-0.05, 0) is 5.41 Å².